The normalized spacial score (nSPS) is 10.3. The molecule has 0 bridgehead atoms. The third-order valence-corrected chi connectivity index (χ3v) is 3.97. The largest absolute Gasteiger partial charge is 0.494 e. The van der Waals surface area contributed by atoms with Crippen LogP contribution < -0.4 is 15.4 Å². The van der Waals surface area contributed by atoms with Crippen molar-refractivity contribution in [1.29, 1.82) is 0 Å². The fourth-order valence-electron chi connectivity index (χ4n) is 2.51. The standard InChI is InChI=1S/C21H26N2O3/c1-4-13-26-17-9-10-19(16(3)14-17)23-20(24)11-12-22-21(25)18-8-6-5-7-15(18)2/h5-10,14H,4,11-13H2,1-3H3,(H,22,25)(H,23,24). The minimum atomic E-state index is -0.162. The summed E-state index contributed by atoms with van der Waals surface area (Å²) in [7, 11) is 0. The lowest BCUT2D eigenvalue weighted by molar-refractivity contribution is -0.116. The molecule has 0 aliphatic heterocycles. The molecule has 2 N–H and O–H groups in total. The quantitative estimate of drug-likeness (QED) is 0.757. The number of nitrogens with one attached hydrogen (secondary N) is 2. The van der Waals surface area contributed by atoms with Crippen molar-refractivity contribution in [2.24, 2.45) is 0 Å². The summed E-state index contributed by atoms with van der Waals surface area (Å²) in [5, 5.41) is 5.66. The number of ether oxygens (including phenoxy) is 1. The van der Waals surface area contributed by atoms with Gasteiger partial charge in [0, 0.05) is 24.2 Å². The molecule has 0 aliphatic carbocycles. The highest BCUT2D eigenvalue weighted by Gasteiger charge is 2.10. The first-order valence-electron chi connectivity index (χ1n) is 8.88. The van der Waals surface area contributed by atoms with Crippen LogP contribution in [0.25, 0.3) is 0 Å². The summed E-state index contributed by atoms with van der Waals surface area (Å²) in [5.74, 6) is 0.498. The van der Waals surface area contributed by atoms with Gasteiger partial charge in [-0.1, -0.05) is 25.1 Å². The first kappa shape index (κ1) is 19.5. The third kappa shape index (κ3) is 5.62. The number of rotatable bonds is 8. The van der Waals surface area contributed by atoms with E-state index in [-0.39, 0.29) is 24.8 Å². The lowest BCUT2D eigenvalue weighted by Crippen LogP contribution is -2.28. The van der Waals surface area contributed by atoms with E-state index in [2.05, 4.69) is 17.6 Å². The summed E-state index contributed by atoms with van der Waals surface area (Å²) in [5.41, 5.74) is 3.24. The van der Waals surface area contributed by atoms with Crippen molar-refractivity contribution in [1.82, 2.24) is 5.32 Å². The van der Waals surface area contributed by atoms with Gasteiger partial charge in [0.15, 0.2) is 0 Å². The van der Waals surface area contributed by atoms with Gasteiger partial charge in [-0.25, -0.2) is 0 Å². The smallest absolute Gasteiger partial charge is 0.251 e. The zero-order valence-corrected chi connectivity index (χ0v) is 15.6. The van der Waals surface area contributed by atoms with Gasteiger partial charge >= 0.3 is 0 Å². The van der Waals surface area contributed by atoms with Crippen molar-refractivity contribution in [2.45, 2.75) is 33.6 Å². The minimum absolute atomic E-state index is 0.139. The van der Waals surface area contributed by atoms with E-state index < -0.39 is 0 Å². The summed E-state index contributed by atoms with van der Waals surface area (Å²) in [6.45, 7) is 6.83. The molecular weight excluding hydrogens is 328 g/mol. The number of carbonyl (C=O) groups excluding carboxylic acids is 2. The van der Waals surface area contributed by atoms with E-state index in [1.165, 1.54) is 0 Å². The molecule has 2 aromatic carbocycles. The Balaban J connectivity index is 1.82. The van der Waals surface area contributed by atoms with Crippen LogP contribution in [0.1, 0.15) is 41.3 Å². The van der Waals surface area contributed by atoms with Crippen LogP contribution in [0.5, 0.6) is 5.75 Å². The topological polar surface area (TPSA) is 67.4 Å². The van der Waals surface area contributed by atoms with Gasteiger partial charge in [0.25, 0.3) is 5.91 Å². The van der Waals surface area contributed by atoms with E-state index in [0.717, 1.165) is 29.0 Å². The summed E-state index contributed by atoms with van der Waals surface area (Å²) in [4.78, 5) is 24.2. The Labute approximate surface area is 154 Å². The first-order chi connectivity index (χ1) is 12.5. The summed E-state index contributed by atoms with van der Waals surface area (Å²) in [6.07, 6.45) is 1.16. The number of benzene rings is 2. The van der Waals surface area contributed by atoms with Gasteiger partial charge in [-0.2, -0.15) is 0 Å². The molecule has 5 nitrogen and oxygen atoms in total. The van der Waals surface area contributed by atoms with Crippen molar-refractivity contribution in [3.05, 3.63) is 59.2 Å². The monoisotopic (exact) mass is 354 g/mol. The van der Waals surface area contributed by atoms with Gasteiger partial charge in [0.1, 0.15) is 5.75 Å². The molecule has 0 radical (unpaired) electrons. The molecule has 2 rings (SSSR count). The van der Waals surface area contributed by atoms with Crippen molar-refractivity contribution >= 4 is 17.5 Å². The zero-order valence-electron chi connectivity index (χ0n) is 15.6. The lowest BCUT2D eigenvalue weighted by atomic mass is 10.1. The van der Waals surface area contributed by atoms with Gasteiger partial charge in [0.05, 0.1) is 6.61 Å². The average molecular weight is 354 g/mol. The Bertz CT molecular complexity index is 772. The van der Waals surface area contributed by atoms with E-state index >= 15 is 0 Å². The van der Waals surface area contributed by atoms with E-state index in [9.17, 15) is 9.59 Å². The predicted octanol–water partition coefficient (Wildman–Crippen LogP) is 3.85. The molecule has 5 heteroatoms. The molecule has 2 amide bonds. The van der Waals surface area contributed by atoms with Crippen LogP contribution in [-0.2, 0) is 4.79 Å². The molecule has 0 spiro atoms. The summed E-state index contributed by atoms with van der Waals surface area (Å²) >= 11 is 0. The maximum absolute atomic E-state index is 12.1. The van der Waals surface area contributed by atoms with Gasteiger partial charge in [-0.15, -0.1) is 0 Å². The molecule has 26 heavy (non-hydrogen) atoms. The van der Waals surface area contributed by atoms with Crippen LogP contribution >= 0.6 is 0 Å². The maximum atomic E-state index is 12.1. The van der Waals surface area contributed by atoms with Crippen LogP contribution in [0.4, 0.5) is 5.69 Å². The van der Waals surface area contributed by atoms with Crippen LogP contribution in [0.2, 0.25) is 0 Å². The molecular formula is C21H26N2O3. The molecule has 0 unspecified atom stereocenters. The Morgan fingerprint density at radius 2 is 1.81 bits per heavy atom. The Morgan fingerprint density at radius 3 is 2.50 bits per heavy atom. The molecule has 138 valence electrons. The molecule has 0 aliphatic rings. The minimum Gasteiger partial charge on any atom is -0.494 e. The van der Waals surface area contributed by atoms with E-state index in [1.54, 1.807) is 6.07 Å². The summed E-state index contributed by atoms with van der Waals surface area (Å²) < 4.78 is 5.58. The lowest BCUT2D eigenvalue weighted by Gasteiger charge is -2.11. The molecule has 0 saturated carbocycles. The molecule has 0 fully saturated rings. The van der Waals surface area contributed by atoms with Gasteiger partial charge < -0.3 is 15.4 Å². The van der Waals surface area contributed by atoms with E-state index in [0.29, 0.717) is 12.2 Å². The number of amides is 2. The van der Waals surface area contributed by atoms with Gasteiger partial charge in [-0.3, -0.25) is 9.59 Å². The fourth-order valence-corrected chi connectivity index (χ4v) is 2.51. The predicted molar refractivity (Wildman–Crippen MR) is 104 cm³/mol. The van der Waals surface area contributed by atoms with Gasteiger partial charge in [0.2, 0.25) is 5.91 Å². The Hall–Kier alpha value is -2.82. The van der Waals surface area contributed by atoms with Crippen LogP contribution in [-0.4, -0.2) is 25.0 Å². The highest BCUT2D eigenvalue weighted by atomic mass is 16.5. The molecule has 0 aromatic heterocycles. The van der Waals surface area contributed by atoms with E-state index in [1.807, 2.05) is 50.2 Å². The second-order valence-electron chi connectivity index (χ2n) is 6.19. The SMILES string of the molecule is CCCOc1ccc(NC(=O)CCNC(=O)c2ccccc2C)c(C)c1. The molecule has 0 atom stereocenters. The maximum Gasteiger partial charge on any atom is 0.251 e. The number of hydrogen-bond acceptors (Lipinski definition) is 3. The second kappa shape index (κ2) is 9.61. The average Bonchev–Trinajstić information content (AvgIpc) is 2.62. The van der Waals surface area contributed by atoms with Crippen molar-refractivity contribution < 1.29 is 14.3 Å². The van der Waals surface area contributed by atoms with Gasteiger partial charge in [-0.05, 0) is 55.7 Å². The fraction of sp³-hybridized carbons (Fsp3) is 0.333. The van der Waals surface area contributed by atoms with E-state index in [4.69, 9.17) is 4.74 Å². The van der Waals surface area contributed by atoms with Crippen molar-refractivity contribution in [3.63, 3.8) is 0 Å². The summed E-state index contributed by atoms with van der Waals surface area (Å²) in [6, 6.07) is 13.0. The number of aryl methyl sites for hydroxylation is 2. The van der Waals surface area contributed by atoms with Crippen LogP contribution in [0.3, 0.4) is 0 Å². The molecule has 0 saturated heterocycles. The molecule has 0 heterocycles. The highest BCUT2D eigenvalue weighted by molar-refractivity contribution is 5.96. The number of hydrogen-bond donors (Lipinski definition) is 2. The first-order valence-corrected chi connectivity index (χ1v) is 8.88. The van der Waals surface area contributed by atoms with Crippen LogP contribution in [0, 0.1) is 13.8 Å². The second-order valence-corrected chi connectivity index (χ2v) is 6.19. The van der Waals surface area contributed by atoms with Crippen LogP contribution in [0.15, 0.2) is 42.5 Å². The van der Waals surface area contributed by atoms with Crippen molar-refractivity contribution in [3.8, 4) is 5.75 Å². The number of anilines is 1. The molecule has 2 aromatic rings. The number of carbonyl (C=O) groups is 2. The Kier molecular flexibility index (Phi) is 7.21. The third-order valence-electron chi connectivity index (χ3n) is 3.97. The Morgan fingerprint density at radius 1 is 1.04 bits per heavy atom. The highest BCUT2D eigenvalue weighted by Crippen LogP contribution is 2.21. The zero-order chi connectivity index (χ0) is 18.9. The van der Waals surface area contributed by atoms with Crippen molar-refractivity contribution in [2.75, 3.05) is 18.5 Å².